The Kier molecular flexibility index (Phi) is 10.1. The number of piperidine rings is 3. The number of nitrogens with zero attached hydrogens (tertiary/aromatic N) is 4. The van der Waals surface area contributed by atoms with Crippen molar-refractivity contribution in [3.63, 3.8) is 0 Å². The standard InChI is InChI=1S/C38H45F2N6O7PS/c39-38(40,54(51,52)53)27-4-6-30-25(16-27)17-31(55-30)34(48)43-29-21-45(36(50)42-22-37-8-13-44(14-9-37)15-10-37)12-7-23-3-5-28(32(23)33(29)47)35(49)46-19-26(20-46)24-2-1-11-41-18-24/h1-2,4,6,11,16-18,23,26,28-29,32H,3,5,7-10,12-15,19-22H2,(H,42,50)(H,43,48)(H2,51,52,53)/t23-,28-,29+,32?/m1/s1. The molecular weight excluding hydrogens is 753 g/mol. The summed E-state index contributed by atoms with van der Waals surface area (Å²) in [7, 11) is -5.81. The number of hydrogen-bond acceptors (Lipinski definition) is 8. The normalized spacial score (nSPS) is 28.7. The molecule has 1 unspecified atom stereocenters. The van der Waals surface area contributed by atoms with Crippen LogP contribution in [0.3, 0.4) is 0 Å². The molecule has 17 heteroatoms. The van der Waals surface area contributed by atoms with Crippen LogP contribution in [-0.2, 0) is 19.8 Å². The largest absolute Gasteiger partial charge is 0.399 e. The minimum absolute atomic E-state index is 0.0455. The predicted molar refractivity (Wildman–Crippen MR) is 200 cm³/mol. The zero-order chi connectivity index (χ0) is 38.7. The van der Waals surface area contributed by atoms with Gasteiger partial charge in [-0.3, -0.25) is 23.9 Å². The van der Waals surface area contributed by atoms with Crippen LogP contribution in [0, 0.1) is 23.2 Å². The molecule has 3 aromatic rings. The summed E-state index contributed by atoms with van der Waals surface area (Å²) < 4.78 is 40.9. The average Bonchev–Trinajstić information content (AvgIpc) is 3.78. The highest BCUT2D eigenvalue weighted by atomic mass is 32.1. The molecule has 0 spiro atoms. The maximum Gasteiger partial charge on any atom is 0.399 e. The van der Waals surface area contributed by atoms with E-state index in [1.54, 1.807) is 22.2 Å². The number of hydrogen-bond donors (Lipinski definition) is 4. The number of urea groups is 1. The fraction of sp³-hybridized carbons (Fsp3) is 0.553. The number of fused-ring (bicyclic) bond motifs is 5. The molecule has 2 aromatic heterocycles. The second-order valence-corrected chi connectivity index (χ2v) is 18.8. The third-order valence-corrected chi connectivity index (χ3v) is 14.9. The van der Waals surface area contributed by atoms with E-state index in [-0.39, 0.29) is 51.8 Å². The van der Waals surface area contributed by atoms with Crippen LogP contribution in [0.15, 0.2) is 48.8 Å². The third-order valence-electron chi connectivity index (χ3n) is 12.8. The van der Waals surface area contributed by atoms with Crippen LogP contribution in [-0.4, -0.2) is 111 Å². The lowest BCUT2D eigenvalue weighted by Crippen LogP contribution is -2.59. The maximum atomic E-state index is 14.7. The number of alkyl halides is 2. The number of pyridine rings is 1. The van der Waals surface area contributed by atoms with Gasteiger partial charge in [0.05, 0.1) is 4.88 Å². The average molecular weight is 799 g/mol. The number of rotatable bonds is 8. The van der Waals surface area contributed by atoms with Gasteiger partial charge in [-0.05, 0) is 105 Å². The Morgan fingerprint density at radius 3 is 2.42 bits per heavy atom. The molecule has 13 nitrogen and oxygen atoms in total. The van der Waals surface area contributed by atoms with E-state index in [1.165, 1.54) is 12.1 Å². The second-order valence-electron chi connectivity index (χ2n) is 16.1. The fourth-order valence-electron chi connectivity index (χ4n) is 9.37. The maximum absolute atomic E-state index is 14.7. The SMILES string of the molecule is O=C(N[C@H]1CN(C(=O)NCC23CCN(CC2)CC3)CC[C@H]2CC[C@@H](C(=O)N3CC(c4cccnc4)C3)C2C1=O)c1cc2cc(C(F)(F)P(=O)(O)O)ccc2s1. The number of Topliss-reactive ketones (excluding diaryl/α,β-unsaturated/α-hetero) is 1. The van der Waals surface area contributed by atoms with Gasteiger partial charge in [-0.25, -0.2) is 4.79 Å². The van der Waals surface area contributed by atoms with E-state index in [9.17, 15) is 42.3 Å². The Balaban J connectivity index is 1.02. The van der Waals surface area contributed by atoms with Crippen molar-refractivity contribution in [2.45, 2.75) is 56.1 Å². The van der Waals surface area contributed by atoms with Crippen molar-refractivity contribution >= 4 is 52.6 Å². The number of ketones is 1. The Hall–Kier alpha value is -3.82. The van der Waals surface area contributed by atoms with E-state index in [0.29, 0.717) is 50.1 Å². The molecule has 4 amide bonds. The first-order valence-electron chi connectivity index (χ1n) is 19.0. The number of halogens is 2. The Labute approximate surface area is 321 Å². The smallest absolute Gasteiger partial charge is 0.341 e. The molecule has 4 atom stereocenters. The number of carbonyl (C=O) groups is 4. The number of aromatic nitrogens is 1. The van der Waals surface area contributed by atoms with Gasteiger partial charge in [0.25, 0.3) is 5.91 Å². The highest BCUT2D eigenvalue weighted by Crippen LogP contribution is 2.59. The van der Waals surface area contributed by atoms with Crippen LogP contribution < -0.4 is 10.6 Å². The molecule has 0 radical (unpaired) electrons. The molecule has 1 aliphatic carbocycles. The van der Waals surface area contributed by atoms with E-state index >= 15 is 0 Å². The Morgan fingerprint density at radius 2 is 1.73 bits per heavy atom. The number of likely N-dealkylation sites (tertiary alicyclic amines) is 2. The number of carbonyl (C=O) groups excluding carboxylic acids is 4. The molecule has 294 valence electrons. The number of benzene rings is 1. The third kappa shape index (κ3) is 7.32. The van der Waals surface area contributed by atoms with Crippen molar-refractivity contribution in [1.29, 1.82) is 0 Å². The second kappa shape index (κ2) is 14.6. The van der Waals surface area contributed by atoms with Crippen molar-refractivity contribution < 1.29 is 42.3 Å². The zero-order valence-electron chi connectivity index (χ0n) is 30.2. The van der Waals surface area contributed by atoms with Crippen LogP contribution in [0.1, 0.15) is 65.2 Å². The molecule has 5 aliphatic heterocycles. The fourth-order valence-corrected chi connectivity index (χ4v) is 10.8. The van der Waals surface area contributed by atoms with Crippen LogP contribution in [0.25, 0.3) is 10.1 Å². The first kappa shape index (κ1) is 38.1. The number of amides is 4. The molecular formula is C38H45F2N6O7PS. The van der Waals surface area contributed by atoms with Crippen molar-refractivity contribution in [2.24, 2.45) is 23.2 Å². The van der Waals surface area contributed by atoms with Crippen LogP contribution >= 0.6 is 18.9 Å². The molecule has 55 heavy (non-hydrogen) atoms. The van der Waals surface area contributed by atoms with Crippen LogP contribution in [0.2, 0.25) is 0 Å². The Bertz CT molecular complexity index is 2020. The van der Waals surface area contributed by atoms with E-state index in [0.717, 1.165) is 67.9 Å². The van der Waals surface area contributed by atoms with Gasteiger partial charge in [-0.15, -0.1) is 11.3 Å². The molecule has 1 aromatic carbocycles. The van der Waals surface area contributed by atoms with Crippen molar-refractivity contribution in [1.82, 2.24) is 30.3 Å². The molecule has 6 aliphatic rings. The van der Waals surface area contributed by atoms with Gasteiger partial charge in [0.2, 0.25) is 5.91 Å². The summed E-state index contributed by atoms with van der Waals surface area (Å²) >= 11 is 0.982. The minimum atomic E-state index is -5.81. The summed E-state index contributed by atoms with van der Waals surface area (Å²) in [5, 5.41) is 6.18. The number of nitrogens with one attached hydrogen (secondary N) is 2. The monoisotopic (exact) mass is 798 g/mol. The summed E-state index contributed by atoms with van der Waals surface area (Å²) in [5.74, 6) is -2.23. The van der Waals surface area contributed by atoms with E-state index in [1.807, 2.05) is 12.1 Å². The van der Waals surface area contributed by atoms with Gasteiger partial charge < -0.3 is 35.1 Å². The van der Waals surface area contributed by atoms with Gasteiger partial charge in [0.15, 0.2) is 5.78 Å². The first-order chi connectivity index (χ1) is 26.2. The van der Waals surface area contributed by atoms with Crippen molar-refractivity contribution in [2.75, 3.05) is 52.4 Å². The van der Waals surface area contributed by atoms with Crippen LogP contribution in [0.4, 0.5) is 13.6 Å². The van der Waals surface area contributed by atoms with Gasteiger partial charge >= 0.3 is 19.3 Å². The lowest BCUT2D eigenvalue weighted by atomic mass is 9.72. The molecule has 6 fully saturated rings. The van der Waals surface area contributed by atoms with Gasteiger partial charge in [0.1, 0.15) is 6.04 Å². The van der Waals surface area contributed by atoms with Gasteiger partial charge in [-0.1, -0.05) is 12.1 Å². The minimum Gasteiger partial charge on any atom is -0.341 e. The van der Waals surface area contributed by atoms with E-state index in [4.69, 9.17) is 0 Å². The molecule has 5 saturated heterocycles. The molecule has 9 rings (SSSR count). The lowest BCUT2D eigenvalue weighted by Gasteiger charge is -2.48. The lowest BCUT2D eigenvalue weighted by molar-refractivity contribution is -0.145. The van der Waals surface area contributed by atoms with Crippen molar-refractivity contribution in [3.8, 4) is 0 Å². The first-order valence-corrected chi connectivity index (χ1v) is 21.4. The summed E-state index contributed by atoms with van der Waals surface area (Å²) in [4.78, 5) is 84.9. The topological polar surface area (TPSA) is 172 Å². The van der Waals surface area contributed by atoms with Crippen molar-refractivity contribution in [3.05, 3.63) is 64.8 Å². The quantitative estimate of drug-likeness (QED) is 0.242. The predicted octanol–water partition coefficient (Wildman–Crippen LogP) is 4.36. The molecule has 7 heterocycles. The summed E-state index contributed by atoms with van der Waals surface area (Å²) in [6.45, 7) is 4.89. The van der Waals surface area contributed by atoms with E-state index < -0.39 is 42.6 Å². The molecule has 4 N–H and O–H groups in total. The molecule has 1 saturated carbocycles. The number of thiophene rings is 1. The summed E-state index contributed by atoms with van der Waals surface area (Å²) in [6, 6.07) is 6.88. The Morgan fingerprint density at radius 1 is 0.982 bits per heavy atom. The van der Waals surface area contributed by atoms with E-state index in [2.05, 4.69) is 20.5 Å². The summed E-state index contributed by atoms with van der Waals surface area (Å²) in [6.07, 6.45) is 8.25. The van der Waals surface area contributed by atoms with Gasteiger partial charge in [-0.2, -0.15) is 8.78 Å². The highest BCUT2D eigenvalue weighted by molar-refractivity contribution is 7.52. The highest BCUT2D eigenvalue weighted by Gasteiger charge is 2.52. The summed E-state index contributed by atoms with van der Waals surface area (Å²) in [5.41, 5.74) is -4.20. The van der Waals surface area contributed by atoms with Gasteiger partial charge in [0, 0.05) is 73.1 Å². The van der Waals surface area contributed by atoms with Crippen LogP contribution in [0.5, 0.6) is 0 Å². The zero-order valence-corrected chi connectivity index (χ0v) is 32.0. The molecule has 2 bridgehead atoms.